The van der Waals surface area contributed by atoms with Gasteiger partial charge in [-0.25, -0.2) is 0 Å². The number of nitrogens with one attached hydrogen (secondary N) is 2. The maximum absolute atomic E-state index is 12.2. The van der Waals surface area contributed by atoms with E-state index in [1.54, 1.807) is 0 Å². The Hall–Kier alpha value is -2.22. The second kappa shape index (κ2) is 5.53. The molecule has 1 saturated heterocycles. The van der Waals surface area contributed by atoms with E-state index in [0.717, 1.165) is 50.0 Å². The molecule has 0 bridgehead atoms. The number of rotatable bonds is 4. The zero-order chi connectivity index (χ0) is 14.9. The largest absolute Gasteiger partial charge is 0.368 e. The van der Waals surface area contributed by atoms with Crippen LogP contribution in [0.2, 0.25) is 0 Å². The van der Waals surface area contributed by atoms with Crippen molar-refractivity contribution in [2.75, 3.05) is 6.61 Å². The number of fused-ring (bicyclic) bond motifs is 1. The lowest BCUT2D eigenvalue weighted by atomic mass is 10.2. The third-order valence-electron chi connectivity index (χ3n) is 4.12. The molecule has 3 heterocycles. The van der Waals surface area contributed by atoms with Gasteiger partial charge >= 0.3 is 0 Å². The van der Waals surface area contributed by atoms with Crippen molar-refractivity contribution >= 4 is 5.91 Å². The number of aryl methyl sites for hydroxylation is 1. The highest BCUT2D eigenvalue weighted by atomic mass is 16.5. The Morgan fingerprint density at radius 1 is 1.36 bits per heavy atom. The summed E-state index contributed by atoms with van der Waals surface area (Å²) in [5.41, 5.74) is 2.59. The Morgan fingerprint density at radius 2 is 2.32 bits per heavy atom. The van der Waals surface area contributed by atoms with Gasteiger partial charge in [-0.3, -0.25) is 9.89 Å². The van der Waals surface area contributed by atoms with Gasteiger partial charge in [0.15, 0.2) is 11.5 Å². The molecule has 1 aliphatic heterocycles. The van der Waals surface area contributed by atoms with Gasteiger partial charge in [0.1, 0.15) is 6.10 Å². The van der Waals surface area contributed by atoms with Crippen LogP contribution in [0.1, 0.15) is 58.8 Å². The SMILES string of the molecule is O=C(NCc1noc([C@H]2CCCO2)n1)c1n[nH]c2c1CCC2. The smallest absolute Gasteiger partial charge is 0.272 e. The summed E-state index contributed by atoms with van der Waals surface area (Å²) in [6, 6.07) is 0. The molecule has 22 heavy (non-hydrogen) atoms. The number of carbonyl (C=O) groups is 1. The highest BCUT2D eigenvalue weighted by Crippen LogP contribution is 2.27. The van der Waals surface area contributed by atoms with Crippen LogP contribution in [0.15, 0.2) is 4.52 Å². The summed E-state index contributed by atoms with van der Waals surface area (Å²) in [6.07, 6.45) is 4.73. The second-order valence-corrected chi connectivity index (χ2v) is 5.62. The summed E-state index contributed by atoms with van der Waals surface area (Å²) in [5.74, 6) is 0.733. The molecule has 1 amide bonds. The quantitative estimate of drug-likeness (QED) is 0.875. The van der Waals surface area contributed by atoms with Gasteiger partial charge in [0.05, 0.1) is 6.54 Å². The number of hydrogen-bond acceptors (Lipinski definition) is 6. The molecule has 0 radical (unpaired) electrons. The Kier molecular flexibility index (Phi) is 3.38. The molecule has 1 atom stereocenters. The molecule has 116 valence electrons. The summed E-state index contributed by atoms with van der Waals surface area (Å²) in [4.78, 5) is 16.5. The zero-order valence-electron chi connectivity index (χ0n) is 12.1. The Bertz CT molecular complexity index is 686. The minimum Gasteiger partial charge on any atom is -0.368 e. The average Bonchev–Trinajstić information content (AvgIpc) is 3.27. The average molecular weight is 303 g/mol. The fraction of sp³-hybridized carbons (Fsp3) is 0.571. The normalized spacial score (nSPS) is 20.3. The van der Waals surface area contributed by atoms with Crippen molar-refractivity contribution in [1.29, 1.82) is 0 Å². The first-order valence-corrected chi connectivity index (χ1v) is 7.59. The molecule has 2 aliphatic rings. The molecular weight excluding hydrogens is 286 g/mol. The van der Waals surface area contributed by atoms with Gasteiger partial charge in [0.2, 0.25) is 0 Å². The van der Waals surface area contributed by atoms with E-state index in [1.165, 1.54) is 0 Å². The summed E-state index contributed by atoms with van der Waals surface area (Å²) in [5, 5.41) is 13.7. The maximum atomic E-state index is 12.2. The first-order valence-electron chi connectivity index (χ1n) is 7.59. The number of amides is 1. The van der Waals surface area contributed by atoms with E-state index < -0.39 is 0 Å². The molecule has 8 heteroatoms. The van der Waals surface area contributed by atoms with Crippen molar-refractivity contribution in [2.45, 2.75) is 44.8 Å². The molecule has 2 aromatic rings. The molecule has 4 rings (SSSR count). The number of H-pyrrole nitrogens is 1. The van der Waals surface area contributed by atoms with E-state index in [-0.39, 0.29) is 18.6 Å². The highest BCUT2D eigenvalue weighted by Gasteiger charge is 2.25. The minimum atomic E-state index is -0.206. The van der Waals surface area contributed by atoms with Crippen LogP contribution in [0.25, 0.3) is 0 Å². The lowest BCUT2D eigenvalue weighted by molar-refractivity contribution is 0.0835. The molecule has 2 aromatic heterocycles. The topological polar surface area (TPSA) is 106 Å². The van der Waals surface area contributed by atoms with Crippen LogP contribution < -0.4 is 5.32 Å². The summed E-state index contributed by atoms with van der Waals surface area (Å²) < 4.78 is 10.7. The lowest BCUT2D eigenvalue weighted by Gasteiger charge is -2.01. The van der Waals surface area contributed by atoms with Crippen molar-refractivity contribution < 1.29 is 14.1 Å². The third-order valence-corrected chi connectivity index (χ3v) is 4.12. The van der Waals surface area contributed by atoms with Crippen LogP contribution in [0.3, 0.4) is 0 Å². The lowest BCUT2D eigenvalue weighted by Crippen LogP contribution is -2.24. The van der Waals surface area contributed by atoms with E-state index >= 15 is 0 Å². The molecule has 1 fully saturated rings. The Balaban J connectivity index is 1.39. The first kappa shape index (κ1) is 13.4. The van der Waals surface area contributed by atoms with Crippen LogP contribution in [0, 0.1) is 0 Å². The highest BCUT2D eigenvalue weighted by molar-refractivity contribution is 5.94. The first-order chi connectivity index (χ1) is 10.8. The van der Waals surface area contributed by atoms with Gasteiger partial charge in [-0.1, -0.05) is 5.16 Å². The molecule has 0 aromatic carbocycles. The number of carbonyl (C=O) groups excluding carboxylic acids is 1. The molecule has 8 nitrogen and oxygen atoms in total. The van der Waals surface area contributed by atoms with Crippen molar-refractivity contribution in [1.82, 2.24) is 25.7 Å². The Morgan fingerprint density at radius 3 is 3.18 bits per heavy atom. The fourth-order valence-corrected chi connectivity index (χ4v) is 2.99. The van der Waals surface area contributed by atoms with Crippen LogP contribution in [-0.4, -0.2) is 32.9 Å². The maximum Gasteiger partial charge on any atom is 0.272 e. The van der Waals surface area contributed by atoms with Crippen molar-refractivity contribution in [3.05, 3.63) is 28.7 Å². The van der Waals surface area contributed by atoms with Gasteiger partial charge in [0, 0.05) is 17.9 Å². The second-order valence-electron chi connectivity index (χ2n) is 5.62. The van der Waals surface area contributed by atoms with E-state index in [2.05, 4.69) is 25.7 Å². The van der Waals surface area contributed by atoms with E-state index in [4.69, 9.17) is 9.26 Å². The fourth-order valence-electron chi connectivity index (χ4n) is 2.99. The van der Waals surface area contributed by atoms with Crippen LogP contribution in [-0.2, 0) is 24.1 Å². The predicted octanol–water partition coefficient (Wildman–Crippen LogP) is 1.06. The third kappa shape index (κ3) is 2.39. The summed E-state index contributed by atoms with van der Waals surface area (Å²) in [7, 11) is 0. The van der Waals surface area contributed by atoms with Crippen molar-refractivity contribution in [3.63, 3.8) is 0 Å². The van der Waals surface area contributed by atoms with Gasteiger partial charge in [0.25, 0.3) is 11.8 Å². The molecule has 0 saturated carbocycles. The van der Waals surface area contributed by atoms with E-state index in [0.29, 0.717) is 17.4 Å². The molecule has 0 spiro atoms. The number of nitrogens with zero attached hydrogens (tertiary/aromatic N) is 3. The van der Waals surface area contributed by atoms with Gasteiger partial charge in [-0.15, -0.1) is 0 Å². The van der Waals surface area contributed by atoms with Gasteiger partial charge in [-0.05, 0) is 32.1 Å². The minimum absolute atomic E-state index is 0.105. The number of hydrogen-bond donors (Lipinski definition) is 2. The van der Waals surface area contributed by atoms with Gasteiger partial charge < -0.3 is 14.6 Å². The van der Waals surface area contributed by atoms with E-state index in [9.17, 15) is 4.79 Å². The Labute approximate surface area is 126 Å². The van der Waals surface area contributed by atoms with Gasteiger partial charge in [-0.2, -0.15) is 10.1 Å². The summed E-state index contributed by atoms with van der Waals surface area (Å²) >= 11 is 0. The number of aromatic amines is 1. The standard InChI is InChI=1S/C14H17N5O3/c20-13(12-8-3-1-4-9(8)17-18-12)15-7-11-16-14(22-19-11)10-5-2-6-21-10/h10H,1-7H2,(H,15,20)(H,17,18)/t10-/m1/s1. The monoisotopic (exact) mass is 303 g/mol. The molecule has 2 N–H and O–H groups in total. The molecule has 1 aliphatic carbocycles. The predicted molar refractivity (Wildman–Crippen MR) is 74.0 cm³/mol. The number of aromatic nitrogens is 4. The van der Waals surface area contributed by atoms with Crippen molar-refractivity contribution in [3.8, 4) is 0 Å². The summed E-state index contributed by atoms with van der Waals surface area (Å²) in [6.45, 7) is 0.945. The van der Waals surface area contributed by atoms with Crippen LogP contribution in [0.5, 0.6) is 0 Å². The van der Waals surface area contributed by atoms with Crippen molar-refractivity contribution in [2.24, 2.45) is 0 Å². The molecule has 0 unspecified atom stereocenters. The van der Waals surface area contributed by atoms with Crippen LogP contribution in [0.4, 0.5) is 0 Å². The zero-order valence-corrected chi connectivity index (χ0v) is 12.1. The van der Waals surface area contributed by atoms with E-state index in [1.807, 2.05) is 0 Å². The number of ether oxygens (including phenoxy) is 1. The molecular formula is C14H17N5O3. The van der Waals surface area contributed by atoms with Crippen LogP contribution >= 0.6 is 0 Å².